The first kappa shape index (κ1) is 7.78. The standard InChI is InChI=1S/C11H14O/c1-2-3-5-8-9-6-4-7-10(12)11(8)9/h2-3,5,9,11H,4,6-7H2,1H3/b3-2+,8-5-. The minimum atomic E-state index is 0.329. The smallest absolute Gasteiger partial charge is 0.140 e. The molecule has 0 N–H and O–H groups in total. The molecule has 1 nitrogen and oxygen atoms in total. The average molecular weight is 162 g/mol. The van der Waals surface area contributed by atoms with Gasteiger partial charge in [-0.25, -0.2) is 0 Å². The number of hydrogen-bond donors (Lipinski definition) is 0. The van der Waals surface area contributed by atoms with E-state index in [1.54, 1.807) is 0 Å². The molecule has 64 valence electrons. The predicted octanol–water partition coefficient (Wildman–Crippen LogP) is 2.49. The van der Waals surface area contributed by atoms with E-state index in [1.807, 2.05) is 19.1 Å². The molecule has 2 atom stereocenters. The molecule has 0 aromatic rings. The SMILES string of the molecule is C/C=C/C=C1/C2CCCC(=O)C12. The van der Waals surface area contributed by atoms with Crippen molar-refractivity contribution in [3.63, 3.8) is 0 Å². The Bertz CT molecular complexity index is 260. The Balaban J connectivity index is 2.10. The summed E-state index contributed by atoms with van der Waals surface area (Å²) in [6, 6.07) is 0. The van der Waals surface area contributed by atoms with E-state index in [0.717, 1.165) is 12.8 Å². The van der Waals surface area contributed by atoms with E-state index in [4.69, 9.17) is 0 Å². The number of Topliss-reactive ketones (excluding diaryl/α,β-unsaturated/α-hetero) is 1. The molecule has 2 fully saturated rings. The van der Waals surface area contributed by atoms with Crippen LogP contribution in [0.15, 0.2) is 23.8 Å². The lowest BCUT2D eigenvalue weighted by Gasteiger charge is -2.03. The summed E-state index contributed by atoms with van der Waals surface area (Å²) in [5, 5.41) is 0. The Morgan fingerprint density at radius 1 is 1.50 bits per heavy atom. The van der Waals surface area contributed by atoms with Crippen molar-refractivity contribution in [2.75, 3.05) is 0 Å². The molecule has 2 saturated carbocycles. The van der Waals surface area contributed by atoms with Crippen LogP contribution >= 0.6 is 0 Å². The zero-order valence-electron chi connectivity index (χ0n) is 7.42. The molecule has 0 saturated heterocycles. The summed E-state index contributed by atoms with van der Waals surface area (Å²) < 4.78 is 0. The number of rotatable bonds is 1. The predicted molar refractivity (Wildman–Crippen MR) is 48.7 cm³/mol. The topological polar surface area (TPSA) is 17.1 Å². The van der Waals surface area contributed by atoms with E-state index in [0.29, 0.717) is 17.6 Å². The maximum absolute atomic E-state index is 11.3. The lowest BCUT2D eigenvalue weighted by molar-refractivity contribution is -0.121. The van der Waals surface area contributed by atoms with Gasteiger partial charge in [0.15, 0.2) is 0 Å². The molecule has 0 spiro atoms. The minimum absolute atomic E-state index is 0.329. The van der Waals surface area contributed by atoms with Crippen molar-refractivity contribution in [1.82, 2.24) is 0 Å². The van der Waals surface area contributed by atoms with Crippen LogP contribution in [0.2, 0.25) is 0 Å². The van der Waals surface area contributed by atoms with Gasteiger partial charge in [-0.3, -0.25) is 4.79 Å². The van der Waals surface area contributed by atoms with E-state index < -0.39 is 0 Å². The van der Waals surface area contributed by atoms with Gasteiger partial charge in [-0.2, -0.15) is 0 Å². The van der Waals surface area contributed by atoms with Gasteiger partial charge in [-0.05, 0) is 25.7 Å². The highest BCUT2D eigenvalue weighted by Crippen LogP contribution is 2.52. The Kier molecular flexibility index (Phi) is 1.87. The van der Waals surface area contributed by atoms with E-state index in [1.165, 1.54) is 12.0 Å². The van der Waals surface area contributed by atoms with Crippen molar-refractivity contribution in [1.29, 1.82) is 0 Å². The van der Waals surface area contributed by atoms with Gasteiger partial charge in [0.2, 0.25) is 0 Å². The molecule has 0 aromatic heterocycles. The van der Waals surface area contributed by atoms with Gasteiger partial charge in [0.1, 0.15) is 5.78 Å². The number of fused-ring (bicyclic) bond motifs is 1. The molecule has 2 rings (SSSR count). The highest BCUT2D eigenvalue weighted by molar-refractivity contribution is 5.90. The van der Waals surface area contributed by atoms with Crippen LogP contribution in [0.25, 0.3) is 0 Å². The molecule has 0 aromatic carbocycles. The molecule has 12 heavy (non-hydrogen) atoms. The van der Waals surface area contributed by atoms with Crippen molar-refractivity contribution >= 4 is 5.78 Å². The van der Waals surface area contributed by atoms with E-state index in [9.17, 15) is 4.79 Å². The first-order chi connectivity index (χ1) is 5.84. The summed E-state index contributed by atoms with van der Waals surface area (Å²) in [4.78, 5) is 11.3. The van der Waals surface area contributed by atoms with Crippen LogP contribution in [0.4, 0.5) is 0 Å². The first-order valence-electron chi connectivity index (χ1n) is 4.70. The lowest BCUT2D eigenvalue weighted by Crippen LogP contribution is -2.07. The van der Waals surface area contributed by atoms with E-state index in [-0.39, 0.29) is 0 Å². The quantitative estimate of drug-likeness (QED) is 0.579. The molecular weight excluding hydrogens is 148 g/mol. The zero-order chi connectivity index (χ0) is 8.55. The van der Waals surface area contributed by atoms with Gasteiger partial charge in [0, 0.05) is 12.3 Å². The number of allylic oxidation sites excluding steroid dienone is 4. The molecular formula is C11H14O. The second kappa shape index (κ2) is 2.89. The third kappa shape index (κ3) is 1.13. The monoisotopic (exact) mass is 162 g/mol. The van der Waals surface area contributed by atoms with Crippen LogP contribution in [-0.4, -0.2) is 5.78 Å². The van der Waals surface area contributed by atoms with E-state index >= 15 is 0 Å². The van der Waals surface area contributed by atoms with Crippen LogP contribution in [0.3, 0.4) is 0 Å². The third-order valence-corrected chi connectivity index (χ3v) is 2.85. The summed E-state index contributed by atoms with van der Waals surface area (Å²) in [5.41, 5.74) is 1.38. The molecule has 0 radical (unpaired) electrons. The van der Waals surface area contributed by atoms with Gasteiger partial charge < -0.3 is 0 Å². The molecule has 2 aliphatic rings. The largest absolute Gasteiger partial charge is 0.299 e. The number of hydrogen-bond acceptors (Lipinski definition) is 1. The highest BCUT2D eigenvalue weighted by Gasteiger charge is 2.49. The van der Waals surface area contributed by atoms with Gasteiger partial charge >= 0.3 is 0 Å². The summed E-state index contributed by atoms with van der Waals surface area (Å²) in [6.45, 7) is 2.00. The van der Waals surface area contributed by atoms with Crippen LogP contribution in [0.5, 0.6) is 0 Å². The molecule has 0 heterocycles. The van der Waals surface area contributed by atoms with Crippen LogP contribution in [0.1, 0.15) is 26.2 Å². The Labute approximate surface area is 73.2 Å². The molecule has 0 amide bonds. The molecule has 1 heteroatoms. The lowest BCUT2D eigenvalue weighted by atomic mass is 10.00. The normalized spacial score (nSPS) is 37.4. The van der Waals surface area contributed by atoms with Crippen molar-refractivity contribution in [3.8, 4) is 0 Å². The minimum Gasteiger partial charge on any atom is -0.299 e. The molecule has 2 aliphatic carbocycles. The Hall–Kier alpha value is -0.850. The summed E-state index contributed by atoms with van der Waals surface area (Å²) in [5.74, 6) is 1.43. The maximum Gasteiger partial charge on any atom is 0.140 e. The Morgan fingerprint density at radius 3 is 3.00 bits per heavy atom. The average Bonchev–Trinajstić information content (AvgIpc) is 2.77. The van der Waals surface area contributed by atoms with Crippen LogP contribution in [-0.2, 0) is 4.79 Å². The second-order valence-electron chi connectivity index (χ2n) is 3.64. The van der Waals surface area contributed by atoms with Gasteiger partial charge in [-0.1, -0.05) is 23.8 Å². The Morgan fingerprint density at radius 2 is 2.33 bits per heavy atom. The van der Waals surface area contributed by atoms with Crippen molar-refractivity contribution in [3.05, 3.63) is 23.8 Å². The van der Waals surface area contributed by atoms with E-state index in [2.05, 4.69) is 6.08 Å². The zero-order valence-corrected chi connectivity index (χ0v) is 7.42. The summed E-state index contributed by atoms with van der Waals surface area (Å²) >= 11 is 0. The fourth-order valence-electron chi connectivity index (χ4n) is 2.17. The van der Waals surface area contributed by atoms with Crippen molar-refractivity contribution in [2.45, 2.75) is 26.2 Å². The second-order valence-corrected chi connectivity index (χ2v) is 3.64. The fraction of sp³-hybridized carbons (Fsp3) is 0.545. The van der Waals surface area contributed by atoms with Gasteiger partial charge in [-0.15, -0.1) is 0 Å². The van der Waals surface area contributed by atoms with Gasteiger partial charge in [0.05, 0.1) is 0 Å². The fourth-order valence-corrected chi connectivity index (χ4v) is 2.17. The number of ketones is 1. The van der Waals surface area contributed by atoms with Crippen LogP contribution in [0, 0.1) is 11.8 Å². The van der Waals surface area contributed by atoms with Crippen LogP contribution < -0.4 is 0 Å². The summed E-state index contributed by atoms with van der Waals surface area (Å²) in [6.07, 6.45) is 9.34. The maximum atomic E-state index is 11.3. The third-order valence-electron chi connectivity index (χ3n) is 2.85. The van der Waals surface area contributed by atoms with Gasteiger partial charge in [0.25, 0.3) is 0 Å². The van der Waals surface area contributed by atoms with Crippen molar-refractivity contribution < 1.29 is 4.79 Å². The highest BCUT2D eigenvalue weighted by atomic mass is 16.1. The number of carbonyl (C=O) groups is 1. The molecule has 0 aliphatic heterocycles. The molecule has 2 unspecified atom stereocenters. The molecule has 0 bridgehead atoms. The van der Waals surface area contributed by atoms with Crippen molar-refractivity contribution in [2.24, 2.45) is 11.8 Å². The summed E-state index contributed by atoms with van der Waals surface area (Å²) in [7, 11) is 0. The first-order valence-corrected chi connectivity index (χ1v) is 4.70. The number of carbonyl (C=O) groups excluding carboxylic acids is 1.